The zero-order valence-electron chi connectivity index (χ0n) is 9.77. The maximum atomic E-state index is 8.96. The summed E-state index contributed by atoms with van der Waals surface area (Å²) in [5.74, 6) is 0. The number of aryl methyl sites for hydroxylation is 1. The van der Waals surface area contributed by atoms with E-state index in [1.807, 2.05) is 24.3 Å². The van der Waals surface area contributed by atoms with Gasteiger partial charge in [-0.2, -0.15) is 5.26 Å². The minimum absolute atomic E-state index is 0.680. The molecule has 0 aliphatic heterocycles. The van der Waals surface area contributed by atoms with E-state index in [4.69, 9.17) is 5.26 Å². The molecule has 0 aromatic heterocycles. The fraction of sp³-hybridized carbons (Fsp3) is 0.133. The Labute approximate surface area is 102 Å². The summed E-state index contributed by atoms with van der Waals surface area (Å²) in [6.07, 6.45) is 0. The van der Waals surface area contributed by atoms with Crippen LogP contribution in [0.5, 0.6) is 0 Å². The van der Waals surface area contributed by atoms with Crippen LogP contribution in [0, 0.1) is 18.3 Å². The highest BCUT2D eigenvalue weighted by atomic mass is 14.9. The number of hydrogen-bond donors (Lipinski definition) is 1. The molecule has 84 valence electrons. The van der Waals surface area contributed by atoms with Crippen molar-refractivity contribution in [3.63, 3.8) is 0 Å². The topological polar surface area (TPSA) is 35.8 Å². The molecule has 0 saturated heterocycles. The number of rotatable bonds is 3. The molecule has 0 amide bonds. The van der Waals surface area contributed by atoms with E-state index in [9.17, 15) is 0 Å². The number of nitrogens with zero attached hydrogens (tertiary/aromatic N) is 1. The number of hydrogen-bond acceptors (Lipinski definition) is 2. The molecule has 0 fully saturated rings. The molecule has 0 spiro atoms. The van der Waals surface area contributed by atoms with Crippen LogP contribution in [0.3, 0.4) is 0 Å². The fourth-order valence-corrected chi connectivity index (χ4v) is 1.64. The van der Waals surface area contributed by atoms with Crippen molar-refractivity contribution in [2.75, 3.05) is 5.32 Å². The van der Waals surface area contributed by atoms with Gasteiger partial charge in [-0.3, -0.25) is 0 Å². The lowest BCUT2D eigenvalue weighted by Gasteiger charge is -2.08. The first-order valence-corrected chi connectivity index (χ1v) is 5.58. The van der Waals surface area contributed by atoms with Gasteiger partial charge in [0, 0.05) is 6.54 Å². The molecule has 0 radical (unpaired) electrons. The maximum Gasteiger partial charge on any atom is 0.101 e. The average molecular weight is 222 g/mol. The van der Waals surface area contributed by atoms with Gasteiger partial charge in [0.2, 0.25) is 0 Å². The lowest BCUT2D eigenvalue weighted by atomic mass is 10.1. The molecule has 2 heteroatoms. The molecule has 0 aliphatic carbocycles. The van der Waals surface area contributed by atoms with Crippen molar-refractivity contribution >= 4 is 5.69 Å². The van der Waals surface area contributed by atoms with Gasteiger partial charge in [-0.05, 0) is 24.6 Å². The van der Waals surface area contributed by atoms with Crippen LogP contribution in [0.25, 0.3) is 0 Å². The summed E-state index contributed by atoms with van der Waals surface area (Å²) in [5.41, 5.74) is 4.03. The predicted molar refractivity (Wildman–Crippen MR) is 69.7 cm³/mol. The first-order chi connectivity index (χ1) is 8.29. The highest BCUT2D eigenvalue weighted by molar-refractivity contribution is 5.57. The van der Waals surface area contributed by atoms with Gasteiger partial charge in [0.25, 0.3) is 0 Å². The number of nitriles is 1. The van der Waals surface area contributed by atoms with E-state index >= 15 is 0 Å². The number of nitrogens with one attached hydrogen (secondary N) is 1. The molecule has 0 unspecified atom stereocenters. The number of anilines is 1. The highest BCUT2D eigenvalue weighted by Crippen LogP contribution is 2.15. The van der Waals surface area contributed by atoms with Crippen molar-refractivity contribution in [3.05, 3.63) is 65.2 Å². The minimum Gasteiger partial charge on any atom is -0.380 e. The Balaban J connectivity index is 2.08. The van der Waals surface area contributed by atoms with Gasteiger partial charge >= 0.3 is 0 Å². The summed E-state index contributed by atoms with van der Waals surface area (Å²) in [4.78, 5) is 0. The first-order valence-electron chi connectivity index (χ1n) is 5.58. The molecule has 2 aromatic carbocycles. The van der Waals surface area contributed by atoms with Crippen molar-refractivity contribution in [2.24, 2.45) is 0 Å². The normalized spacial score (nSPS) is 9.65. The maximum absolute atomic E-state index is 8.96. The van der Waals surface area contributed by atoms with Crippen LogP contribution in [0.1, 0.15) is 16.7 Å². The van der Waals surface area contributed by atoms with E-state index in [0.717, 1.165) is 12.2 Å². The van der Waals surface area contributed by atoms with Gasteiger partial charge in [-0.15, -0.1) is 0 Å². The summed E-state index contributed by atoms with van der Waals surface area (Å²) in [7, 11) is 0. The Bertz CT molecular complexity index is 536. The second-order valence-corrected chi connectivity index (χ2v) is 4.00. The Morgan fingerprint density at radius 2 is 1.76 bits per heavy atom. The zero-order valence-corrected chi connectivity index (χ0v) is 9.77. The van der Waals surface area contributed by atoms with Crippen molar-refractivity contribution < 1.29 is 0 Å². The van der Waals surface area contributed by atoms with E-state index < -0.39 is 0 Å². The quantitative estimate of drug-likeness (QED) is 0.863. The van der Waals surface area contributed by atoms with E-state index in [2.05, 4.69) is 42.6 Å². The molecule has 2 rings (SSSR count). The zero-order chi connectivity index (χ0) is 12.1. The average Bonchev–Trinajstić information content (AvgIpc) is 2.38. The third-order valence-corrected chi connectivity index (χ3v) is 2.65. The smallest absolute Gasteiger partial charge is 0.101 e. The lowest BCUT2D eigenvalue weighted by molar-refractivity contribution is 1.14. The second kappa shape index (κ2) is 5.18. The molecule has 2 nitrogen and oxygen atoms in total. The van der Waals surface area contributed by atoms with Crippen LogP contribution in [-0.4, -0.2) is 0 Å². The predicted octanol–water partition coefficient (Wildman–Crippen LogP) is 3.48. The van der Waals surface area contributed by atoms with Gasteiger partial charge in [0.1, 0.15) is 6.07 Å². The molecule has 0 saturated carbocycles. The van der Waals surface area contributed by atoms with Crippen molar-refractivity contribution in [2.45, 2.75) is 13.5 Å². The Hall–Kier alpha value is -2.27. The molecule has 0 heterocycles. The van der Waals surface area contributed by atoms with Gasteiger partial charge in [0.05, 0.1) is 11.3 Å². The number of benzene rings is 2. The van der Waals surface area contributed by atoms with Crippen LogP contribution in [-0.2, 0) is 6.54 Å². The van der Waals surface area contributed by atoms with Crippen LogP contribution in [0.4, 0.5) is 5.69 Å². The summed E-state index contributed by atoms with van der Waals surface area (Å²) < 4.78 is 0. The van der Waals surface area contributed by atoms with Gasteiger partial charge in [0.15, 0.2) is 0 Å². The van der Waals surface area contributed by atoms with Gasteiger partial charge in [-0.1, -0.05) is 42.0 Å². The molecule has 0 bridgehead atoms. The van der Waals surface area contributed by atoms with Gasteiger partial charge in [-0.25, -0.2) is 0 Å². The van der Waals surface area contributed by atoms with Crippen molar-refractivity contribution in [1.29, 1.82) is 5.26 Å². The molecular formula is C15H14N2. The number of para-hydroxylation sites is 1. The van der Waals surface area contributed by atoms with Crippen LogP contribution >= 0.6 is 0 Å². The first kappa shape index (κ1) is 11.2. The minimum atomic E-state index is 0.680. The molecule has 17 heavy (non-hydrogen) atoms. The third-order valence-electron chi connectivity index (χ3n) is 2.65. The summed E-state index contributed by atoms with van der Waals surface area (Å²) in [6.45, 7) is 2.81. The Morgan fingerprint density at radius 3 is 2.47 bits per heavy atom. The SMILES string of the molecule is Cc1ccc(CNc2ccccc2C#N)cc1. The molecule has 0 aliphatic rings. The lowest BCUT2D eigenvalue weighted by Crippen LogP contribution is -2.00. The van der Waals surface area contributed by atoms with E-state index in [0.29, 0.717) is 5.56 Å². The monoisotopic (exact) mass is 222 g/mol. The molecule has 0 atom stereocenters. The van der Waals surface area contributed by atoms with Crippen molar-refractivity contribution in [3.8, 4) is 6.07 Å². The van der Waals surface area contributed by atoms with Gasteiger partial charge < -0.3 is 5.32 Å². The van der Waals surface area contributed by atoms with Crippen LogP contribution in [0.2, 0.25) is 0 Å². The Kier molecular flexibility index (Phi) is 3.42. The molecular weight excluding hydrogens is 208 g/mol. The Morgan fingerprint density at radius 1 is 1.06 bits per heavy atom. The standard InChI is InChI=1S/C15H14N2/c1-12-6-8-13(9-7-12)11-17-15-5-3-2-4-14(15)10-16/h2-9,17H,11H2,1H3. The van der Waals surface area contributed by atoms with Crippen molar-refractivity contribution in [1.82, 2.24) is 0 Å². The molecule has 1 N–H and O–H groups in total. The second-order valence-electron chi connectivity index (χ2n) is 4.00. The summed E-state index contributed by atoms with van der Waals surface area (Å²) in [5, 5.41) is 12.2. The summed E-state index contributed by atoms with van der Waals surface area (Å²) in [6, 6.07) is 18.1. The third kappa shape index (κ3) is 2.85. The van der Waals surface area contributed by atoms with E-state index in [1.165, 1.54) is 11.1 Å². The van der Waals surface area contributed by atoms with E-state index in [-0.39, 0.29) is 0 Å². The highest BCUT2D eigenvalue weighted by Gasteiger charge is 1.99. The van der Waals surface area contributed by atoms with Crippen LogP contribution in [0.15, 0.2) is 48.5 Å². The van der Waals surface area contributed by atoms with Crippen LogP contribution < -0.4 is 5.32 Å². The largest absolute Gasteiger partial charge is 0.380 e. The summed E-state index contributed by atoms with van der Waals surface area (Å²) >= 11 is 0. The fourth-order valence-electron chi connectivity index (χ4n) is 1.64. The van der Waals surface area contributed by atoms with E-state index in [1.54, 1.807) is 0 Å². The molecule has 2 aromatic rings.